The van der Waals surface area contributed by atoms with Crippen molar-refractivity contribution in [2.45, 2.75) is 84.3 Å². The minimum Gasteiger partial charge on any atom is -0.444 e. The number of aliphatic hydroxyl groups excluding tert-OH is 3. The van der Waals surface area contributed by atoms with E-state index in [1.54, 1.807) is 46.8 Å². The fraction of sp³-hybridized carbons (Fsp3) is 0.519. The summed E-state index contributed by atoms with van der Waals surface area (Å²) in [5.74, 6) is -0.523. The maximum Gasteiger partial charge on any atom is 0.413 e. The van der Waals surface area contributed by atoms with Gasteiger partial charge in [0.25, 0.3) is 0 Å². The molecule has 0 saturated carbocycles. The van der Waals surface area contributed by atoms with Crippen LogP contribution in [0.5, 0.6) is 5.75 Å². The molecule has 42 heavy (non-hydrogen) atoms. The second-order valence-electron chi connectivity index (χ2n) is 10.8. The molecular formula is C27H36N4O11. The van der Waals surface area contributed by atoms with Gasteiger partial charge in [0, 0.05) is 6.20 Å². The summed E-state index contributed by atoms with van der Waals surface area (Å²) in [6.07, 6.45) is -5.64. The second kappa shape index (κ2) is 13.3. The van der Waals surface area contributed by atoms with E-state index in [0.29, 0.717) is 22.4 Å². The molecule has 1 aliphatic heterocycles. The number of aryl methyl sites for hydroxylation is 2. The van der Waals surface area contributed by atoms with E-state index in [-0.39, 0.29) is 12.4 Å². The first-order valence-corrected chi connectivity index (χ1v) is 13.1. The molecule has 1 saturated heterocycles. The van der Waals surface area contributed by atoms with E-state index in [2.05, 4.69) is 15.6 Å². The number of esters is 1. The SMILES string of the molecule is Cc1cc(COC(=O)Nc2ccn(C3OC(CO)C(O)C3O)c(=O)n2)cc(C)c1OC(=O)C(C)NC(=O)OC(C)(C)C. The number of amides is 2. The Bertz CT molecular complexity index is 1350. The number of aliphatic hydroxyl groups is 3. The Labute approximate surface area is 241 Å². The molecule has 0 aliphatic carbocycles. The number of alkyl carbamates (subject to hydrolysis) is 1. The topological polar surface area (TPSA) is 208 Å². The van der Waals surface area contributed by atoms with Crippen LogP contribution in [0.15, 0.2) is 29.2 Å². The molecular weight excluding hydrogens is 556 g/mol. The third-order valence-electron chi connectivity index (χ3n) is 6.03. The molecule has 5 unspecified atom stereocenters. The van der Waals surface area contributed by atoms with Gasteiger partial charge in [0.1, 0.15) is 48.1 Å². The molecule has 5 N–H and O–H groups in total. The summed E-state index contributed by atoms with van der Waals surface area (Å²) in [4.78, 5) is 52.9. The third-order valence-corrected chi connectivity index (χ3v) is 6.03. The summed E-state index contributed by atoms with van der Waals surface area (Å²) in [5.41, 5.74) is 0.159. The molecule has 2 amide bonds. The molecule has 15 heteroatoms. The van der Waals surface area contributed by atoms with Crippen LogP contribution in [0, 0.1) is 13.8 Å². The van der Waals surface area contributed by atoms with Crippen molar-refractivity contribution in [1.82, 2.24) is 14.9 Å². The average Bonchev–Trinajstić information content (AvgIpc) is 3.17. The number of anilines is 1. The standard InChI is InChI=1S/C27H36N4O11/c1-13-9-16(10-14(2)21(13)41-23(35)15(3)28-26(38)42-27(4,5)6)12-39-25(37)30-18-7-8-31(24(36)29-18)22-20(34)19(33)17(11-32)40-22/h7-10,15,17,19-20,22,32-34H,11-12H2,1-6H3,(H,28,38)(H,29,30,36,37). The van der Waals surface area contributed by atoms with Crippen LogP contribution in [-0.4, -0.2) is 79.6 Å². The van der Waals surface area contributed by atoms with Crippen LogP contribution < -0.4 is 21.1 Å². The predicted octanol–water partition coefficient (Wildman–Crippen LogP) is 1.04. The number of carbonyl (C=O) groups is 3. The van der Waals surface area contributed by atoms with Gasteiger partial charge in [0.15, 0.2) is 6.23 Å². The summed E-state index contributed by atoms with van der Waals surface area (Å²) >= 11 is 0. The maximum atomic E-state index is 12.5. The molecule has 2 aromatic rings. The lowest BCUT2D eigenvalue weighted by molar-refractivity contribution is -0.136. The summed E-state index contributed by atoms with van der Waals surface area (Å²) < 4.78 is 22.1. The Kier molecular flexibility index (Phi) is 10.3. The van der Waals surface area contributed by atoms with Gasteiger partial charge in [-0.15, -0.1) is 0 Å². The number of nitrogens with zero attached hydrogens (tertiary/aromatic N) is 2. The average molecular weight is 593 g/mol. The molecule has 1 aliphatic rings. The second-order valence-corrected chi connectivity index (χ2v) is 10.8. The lowest BCUT2D eigenvalue weighted by Gasteiger charge is -2.21. The van der Waals surface area contributed by atoms with Crippen molar-refractivity contribution in [3.05, 3.63) is 51.6 Å². The van der Waals surface area contributed by atoms with Crippen LogP contribution >= 0.6 is 0 Å². The molecule has 15 nitrogen and oxygen atoms in total. The quantitative estimate of drug-likeness (QED) is 0.215. The molecule has 5 atom stereocenters. The molecule has 0 bridgehead atoms. The molecule has 230 valence electrons. The number of ether oxygens (including phenoxy) is 4. The Hall–Kier alpha value is -4.05. The first-order chi connectivity index (χ1) is 19.6. The van der Waals surface area contributed by atoms with Crippen molar-refractivity contribution in [2.75, 3.05) is 11.9 Å². The number of hydrogen-bond donors (Lipinski definition) is 5. The van der Waals surface area contributed by atoms with Crippen LogP contribution in [0.1, 0.15) is 50.6 Å². The van der Waals surface area contributed by atoms with Gasteiger partial charge in [-0.2, -0.15) is 4.98 Å². The lowest BCUT2D eigenvalue weighted by atomic mass is 10.1. The molecule has 3 rings (SSSR count). The number of hydrogen-bond acceptors (Lipinski definition) is 12. The highest BCUT2D eigenvalue weighted by Crippen LogP contribution is 2.28. The molecule has 1 aromatic carbocycles. The Morgan fingerprint density at radius 1 is 1.12 bits per heavy atom. The number of nitrogens with one attached hydrogen (secondary N) is 2. The summed E-state index contributed by atoms with van der Waals surface area (Å²) in [7, 11) is 0. The Morgan fingerprint density at radius 3 is 2.31 bits per heavy atom. The first-order valence-electron chi connectivity index (χ1n) is 13.1. The van der Waals surface area contributed by atoms with Gasteiger partial charge < -0.3 is 39.6 Å². The maximum absolute atomic E-state index is 12.5. The number of rotatable bonds is 8. The molecule has 2 heterocycles. The van der Waals surface area contributed by atoms with Crippen LogP contribution in [0.3, 0.4) is 0 Å². The summed E-state index contributed by atoms with van der Waals surface area (Å²) in [6.45, 7) is 9.28. The van der Waals surface area contributed by atoms with Gasteiger partial charge in [0.2, 0.25) is 0 Å². The largest absolute Gasteiger partial charge is 0.444 e. The monoisotopic (exact) mass is 592 g/mol. The highest BCUT2D eigenvalue weighted by Gasteiger charge is 2.43. The zero-order valence-electron chi connectivity index (χ0n) is 24.1. The molecule has 1 aromatic heterocycles. The van der Waals surface area contributed by atoms with Gasteiger partial charge in [-0.05, 0) is 76.4 Å². The first kappa shape index (κ1) is 32.5. The highest BCUT2D eigenvalue weighted by molar-refractivity contribution is 5.83. The van der Waals surface area contributed by atoms with Gasteiger partial charge >= 0.3 is 23.8 Å². The fourth-order valence-electron chi connectivity index (χ4n) is 4.09. The van der Waals surface area contributed by atoms with E-state index in [9.17, 15) is 34.5 Å². The Balaban J connectivity index is 1.56. The normalized spacial score (nSPS) is 20.9. The van der Waals surface area contributed by atoms with Crippen molar-refractivity contribution >= 4 is 24.0 Å². The van der Waals surface area contributed by atoms with Gasteiger partial charge in [0.05, 0.1) is 6.61 Å². The van der Waals surface area contributed by atoms with E-state index >= 15 is 0 Å². The van der Waals surface area contributed by atoms with Crippen molar-refractivity contribution in [2.24, 2.45) is 0 Å². The van der Waals surface area contributed by atoms with E-state index < -0.39 is 66.6 Å². The van der Waals surface area contributed by atoms with Gasteiger partial charge in [-0.3, -0.25) is 9.88 Å². The Morgan fingerprint density at radius 2 is 1.76 bits per heavy atom. The lowest BCUT2D eigenvalue weighted by Crippen LogP contribution is -2.43. The highest BCUT2D eigenvalue weighted by atomic mass is 16.6. The van der Waals surface area contributed by atoms with E-state index in [1.807, 2.05) is 0 Å². The van der Waals surface area contributed by atoms with Gasteiger partial charge in [-0.1, -0.05) is 0 Å². The van der Waals surface area contributed by atoms with E-state index in [1.165, 1.54) is 19.2 Å². The molecule has 0 radical (unpaired) electrons. The van der Waals surface area contributed by atoms with Crippen molar-refractivity contribution in [3.8, 4) is 5.75 Å². The van der Waals surface area contributed by atoms with Crippen LogP contribution in [0.25, 0.3) is 0 Å². The van der Waals surface area contributed by atoms with Gasteiger partial charge in [-0.25, -0.2) is 19.2 Å². The minimum atomic E-state index is -1.47. The van der Waals surface area contributed by atoms with Crippen molar-refractivity contribution in [1.29, 1.82) is 0 Å². The fourth-order valence-corrected chi connectivity index (χ4v) is 4.09. The van der Waals surface area contributed by atoms with E-state index in [4.69, 9.17) is 18.9 Å². The number of carbonyl (C=O) groups excluding carboxylic acids is 3. The smallest absolute Gasteiger partial charge is 0.413 e. The van der Waals surface area contributed by atoms with Crippen molar-refractivity contribution < 1.29 is 48.7 Å². The predicted molar refractivity (Wildman–Crippen MR) is 146 cm³/mol. The zero-order valence-corrected chi connectivity index (χ0v) is 24.1. The minimum absolute atomic E-state index is 0.128. The molecule has 1 fully saturated rings. The third kappa shape index (κ3) is 8.25. The molecule has 0 spiro atoms. The van der Waals surface area contributed by atoms with Crippen LogP contribution in [0.4, 0.5) is 15.4 Å². The van der Waals surface area contributed by atoms with Crippen molar-refractivity contribution in [3.63, 3.8) is 0 Å². The summed E-state index contributed by atoms with van der Waals surface area (Å²) in [6, 6.07) is 3.62. The van der Waals surface area contributed by atoms with Crippen LogP contribution in [-0.2, 0) is 25.6 Å². The zero-order chi connectivity index (χ0) is 31.4. The number of aromatic nitrogens is 2. The van der Waals surface area contributed by atoms with Crippen LogP contribution in [0.2, 0.25) is 0 Å². The van der Waals surface area contributed by atoms with E-state index in [0.717, 1.165) is 4.57 Å². The summed E-state index contributed by atoms with van der Waals surface area (Å²) in [5, 5.41) is 34.0. The number of benzene rings is 1.